The summed E-state index contributed by atoms with van der Waals surface area (Å²) in [4.78, 5) is 16.2. The fourth-order valence-electron chi connectivity index (χ4n) is 2.24. The van der Waals surface area contributed by atoms with Crippen molar-refractivity contribution in [1.82, 2.24) is 16.0 Å². The second kappa shape index (κ2) is 10.4. The van der Waals surface area contributed by atoms with E-state index < -0.39 is 0 Å². The van der Waals surface area contributed by atoms with Crippen LogP contribution in [0.1, 0.15) is 31.1 Å². The van der Waals surface area contributed by atoms with Crippen molar-refractivity contribution in [2.75, 3.05) is 33.8 Å². The van der Waals surface area contributed by atoms with Crippen LogP contribution < -0.4 is 16.0 Å². The number of amides is 1. The molecule has 0 saturated carbocycles. The van der Waals surface area contributed by atoms with Gasteiger partial charge in [-0.2, -0.15) is 0 Å². The molecule has 0 fully saturated rings. The lowest BCUT2D eigenvalue weighted by molar-refractivity contribution is 0.0205. The minimum absolute atomic E-state index is 0.0402. The van der Waals surface area contributed by atoms with Crippen LogP contribution in [0, 0.1) is 5.41 Å². The van der Waals surface area contributed by atoms with Gasteiger partial charge in [0.15, 0.2) is 5.96 Å². The first-order valence-corrected chi connectivity index (χ1v) is 9.08. The predicted octanol–water partition coefficient (Wildman–Crippen LogP) is 2.40. The molecule has 0 heterocycles. The van der Waals surface area contributed by atoms with Gasteiger partial charge in [0.2, 0.25) is 0 Å². The Morgan fingerprint density at radius 2 is 1.92 bits per heavy atom. The number of benzene rings is 1. The Labute approximate surface area is 158 Å². The number of hydrogen-bond donors (Lipinski definition) is 3. The van der Waals surface area contributed by atoms with Crippen LogP contribution in [0.5, 0.6) is 0 Å². The zero-order valence-corrected chi connectivity index (χ0v) is 17.2. The standard InChI is InChI=1S/C18H29BrN4O2/c1-18(2,3)15(25-5)12-23-17(20-4)22-10-9-21-16(24)13-7-6-8-14(19)11-13/h6-8,11,15H,9-10,12H2,1-5H3,(H,21,24)(H2,20,22,23). The van der Waals surface area contributed by atoms with Crippen LogP contribution in [0.3, 0.4) is 0 Å². The summed E-state index contributed by atoms with van der Waals surface area (Å²) in [6.07, 6.45) is 0.0716. The molecule has 0 saturated heterocycles. The van der Waals surface area contributed by atoms with Gasteiger partial charge >= 0.3 is 0 Å². The van der Waals surface area contributed by atoms with E-state index in [9.17, 15) is 4.79 Å². The summed E-state index contributed by atoms with van der Waals surface area (Å²) >= 11 is 3.36. The van der Waals surface area contributed by atoms with E-state index in [1.807, 2.05) is 12.1 Å². The molecule has 0 bridgehead atoms. The topological polar surface area (TPSA) is 74.8 Å². The number of carbonyl (C=O) groups excluding carboxylic acids is 1. The van der Waals surface area contributed by atoms with Crippen molar-refractivity contribution in [3.05, 3.63) is 34.3 Å². The fraction of sp³-hybridized carbons (Fsp3) is 0.556. The molecule has 6 nitrogen and oxygen atoms in total. The van der Waals surface area contributed by atoms with Crippen LogP contribution in [0.4, 0.5) is 0 Å². The highest BCUT2D eigenvalue weighted by Crippen LogP contribution is 2.20. The number of hydrogen-bond acceptors (Lipinski definition) is 3. The van der Waals surface area contributed by atoms with Crippen molar-refractivity contribution in [2.24, 2.45) is 10.4 Å². The van der Waals surface area contributed by atoms with Crippen LogP contribution >= 0.6 is 15.9 Å². The first-order chi connectivity index (χ1) is 11.8. The number of aliphatic imine (C=N–C) groups is 1. The van der Waals surface area contributed by atoms with E-state index in [2.05, 4.69) is 57.6 Å². The molecule has 1 amide bonds. The second-order valence-electron chi connectivity index (χ2n) is 6.74. The van der Waals surface area contributed by atoms with Crippen LogP contribution in [-0.4, -0.2) is 51.8 Å². The first-order valence-electron chi connectivity index (χ1n) is 8.29. The Balaban J connectivity index is 2.35. The van der Waals surface area contributed by atoms with Gasteiger partial charge in [0.1, 0.15) is 0 Å². The lowest BCUT2D eigenvalue weighted by Gasteiger charge is -2.30. The van der Waals surface area contributed by atoms with E-state index >= 15 is 0 Å². The van der Waals surface area contributed by atoms with E-state index in [0.29, 0.717) is 31.2 Å². The third kappa shape index (κ3) is 7.88. The zero-order valence-electron chi connectivity index (χ0n) is 15.6. The molecule has 1 aromatic carbocycles. The Kier molecular flexibility index (Phi) is 8.92. The molecule has 0 aliphatic heterocycles. The summed E-state index contributed by atoms with van der Waals surface area (Å²) in [7, 11) is 3.43. The van der Waals surface area contributed by atoms with Gasteiger partial charge in [-0.1, -0.05) is 42.8 Å². The Morgan fingerprint density at radius 1 is 1.24 bits per heavy atom. The average Bonchev–Trinajstić information content (AvgIpc) is 2.55. The van der Waals surface area contributed by atoms with Gasteiger partial charge in [-0.05, 0) is 23.6 Å². The fourth-order valence-corrected chi connectivity index (χ4v) is 2.64. The van der Waals surface area contributed by atoms with Crippen molar-refractivity contribution < 1.29 is 9.53 Å². The quantitative estimate of drug-likeness (QED) is 0.365. The van der Waals surface area contributed by atoms with Crippen LogP contribution in [0.2, 0.25) is 0 Å². The van der Waals surface area contributed by atoms with Gasteiger partial charge in [-0.15, -0.1) is 0 Å². The predicted molar refractivity (Wildman–Crippen MR) is 106 cm³/mol. The molecule has 0 aliphatic carbocycles. The van der Waals surface area contributed by atoms with Gasteiger partial charge in [0, 0.05) is 43.8 Å². The number of halogens is 1. The molecule has 0 aliphatic rings. The van der Waals surface area contributed by atoms with Crippen LogP contribution in [0.15, 0.2) is 33.7 Å². The number of rotatable bonds is 7. The van der Waals surface area contributed by atoms with Crippen LogP contribution in [-0.2, 0) is 4.74 Å². The highest BCUT2D eigenvalue weighted by Gasteiger charge is 2.24. The molecule has 140 valence electrons. The first kappa shape index (κ1) is 21.4. The van der Waals surface area contributed by atoms with E-state index in [0.717, 1.165) is 4.47 Å². The van der Waals surface area contributed by atoms with E-state index in [1.54, 1.807) is 26.3 Å². The maximum absolute atomic E-state index is 12.1. The molecule has 1 rings (SSSR count). The number of methoxy groups -OCH3 is 1. The number of carbonyl (C=O) groups is 1. The van der Waals surface area contributed by atoms with Gasteiger partial charge in [0.25, 0.3) is 5.91 Å². The number of guanidine groups is 1. The molecule has 25 heavy (non-hydrogen) atoms. The maximum Gasteiger partial charge on any atom is 0.251 e. The molecular formula is C18H29BrN4O2. The summed E-state index contributed by atoms with van der Waals surface area (Å²) in [5.41, 5.74) is 0.670. The molecule has 1 atom stereocenters. The number of nitrogens with zero attached hydrogens (tertiary/aromatic N) is 1. The van der Waals surface area contributed by atoms with Crippen molar-refractivity contribution in [2.45, 2.75) is 26.9 Å². The lowest BCUT2D eigenvalue weighted by Crippen LogP contribution is -2.46. The van der Waals surface area contributed by atoms with Crippen LogP contribution in [0.25, 0.3) is 0 Å². The monoisotopic (exact) mass is 412 g/mol. The third-order valence-corrected chi connectivity index (χ3v) is 4.21. The van der Waals surface area contributed by atoms with E-state index in [4.69, 9.17) is 4.74 Å². The molecule has 3 N–H and O–H groups in total. The Morgan fingerprint density at radius 3 is 2.48 bits per heavy atom. The molecule has 7 heteroatoms. The number of nitrogens with one attached hydrogen (secondary N) is 3. The van der Waals surface area contributed by atoms with Crippen molar-refractivity contribution in [1.29, 1.82) is 0 Å². The molecule has 1 unspecified atom stereocenters. The summed E-state index contributed by atoms with van der Waals surface area (Å²) in [5.74, 6) is 0.584. The van der Waals surface area contributed by atoms with Crippen molar-refractivity contribution >= 4 is 27.8 Å². The Bertz CT molecular complexity index is 585. The summed E-state index contributed by atoms with van der Waals surface area (Å²) in [6.45, 7) is 8.14. The minimum Gasteiger partial charge on any atom is -0.379 e. The molecule has 0 spiro atoms. The molecular weight excluding hydrogens is 384 g/mol. The highest BCUT2D eigenvalue weighted by atomic mass is 79.9. The van der Waals surface area contributed by atoms with E-state index in [1.165, 1.54) is 0 Å². The largest absolute Gasteiger partial charge is 0.379 e. The summed E-state index contributed by atoms with van der Waals surface area (Å²) in [6, 6.07) is 7.30. The molecule has 0 radical (unpaired) electrons. The summed E-state index contributed by atoms with van der Waals surface area (Å²) < 4.78 is 6.40. The van der Waals surface area contributed by atoms with Gasteiger partial charge in [0.05, 0.1) is 6.10 Å². The van der Waals surface area contributed by atoms with Gasteiger partial charge in [-0.25, -0.2) is 0 Å². The smallest absolute Gasteiger partial charge is 0.251 e. The second-order valence-corrected chi connectivity index (χ2v) is 7.65. The maximum atomic E-state index is 12.1. The number of ether oxygens (including phenoxy) is 1. The van der Waals surface area contributed by atoms with Crippen molar-refractivity contribution in [3.8, 4) is 0 Å². The molecule has 1 aromatic rings. The SMILES string of the molecule is CN=C(NCCNC(=O)c1cccc(Br)c1)NCC(OC)C(C)(C)C. The normalized spacial score (nSPS) is 13.3. The average molecular weight is 413 g/mol. The van der Waals surface area contributed by atoms with Crippen molar-refractivity contribution in [3.63, 3.8) is 0 Å². The Hall–Kier alpha value is -1.60. The zero-order chi connectivity index (χ0) is 18.9. The van der Waals surface area contributed by atoms with Gasteiger partial charge < -0.3 is 20.7 Å². The minimum atomic E-state index is -0.0989. The van der Waals surface area contributed by atoms with Gasteiger partial charge in [-0.3, -0.25) is 9.79 Å². The van der Waals surface area contributed by atoms with E-state index in [-0.39, 0.29) is 17.4 Å². The third-order valence-electron chi connectivity index (χ3n) is 3.72. The lowest BCUT2D eigenvalue weighted by atomic mass is 9.89. The highest BCUT2D eigenvalue weighted by molar-refractivity contribution is 9.10. The molecule has 0 aromatic heterocycles. The summed E-state index contributed by atoms with van der Waals surface area (Å²) in [5, 5.41) is 9.30.